The molecular weight excluding hydrogens is 625 g/mol. The third-order valence-electron chi connectivity index (χ3n) is 9.39. The van der Waals surface area contributed by atoms with E-state index in [1.807, 2.05) is 49.4 Å². The molecular formula is C45H32N6. The van der Waals surface area contributed by atoms with Crippen LogP contribution in [0, 0.1) is 6.92 Å². The van der Waals surface area contributed by atoms with Gasteiger partial charge in [-0.1, -0.05) is 109 Å². The van der Waals surface area contributed by atoms with Gasteiger partial charge in [0.2, 0.25) is 0 Å². The van der Waals surface area contributed by atoms with Gasteiger partial charge in [-0.05, 0) is 77.9 Å². The fourth-order valence-corrected chi connectivity index (χ4v) is 6.77. The number of hydrogen-bond donors (Lipinski definition) is 0. The van der Waals surface area contributed by atoms with Gasteiger partial charge >= 0.3 is 0 Å². The molecule has 1 aliphatic carbocycles. The quantitative estimate of drug-likeness (QED) is 0.166. The monoisotopic (exact) mass is 656 g/mol. The topological polar surface area (TPSA) is 77.3 Å². The van der Waals surface area contributed by atoms with Gasteiger partial charge in [-0.2, -0.15) is 0 Å². The maximum atomic E-state index is 5.30. The molecule has 0 saturated heterocycles. The first-order valence-corrected chi connectivity index (χ1v) is 17.2. The Labute approximate surface area is 296 Å². The zero-order chi connectivity index (χ0) is 34.1. The van der Waals surface area contributed by atoms with Gasteiger partial charge in [0, 0.05) is 45.6 Å². The Morgan fingerprint density at radius 1 is 0.510 bits per heavy atom. The lowest BCUT2D eigenvalue weighted by molar-refractivity contribution is 1.05. The van der Waals surface area contributed by atoms with Crippen LogP contribution >= 0.6 is 0 Å². The fraction of sp³-hybridized carbons (Fsp3) is 0.0667. The van der Waals surface area contributed by atoms with Crippen LogP contribution < -0.4 is 0 Å². The highest BCUT2D eigenvalue weighted by Crippen LogP contribution is 2.37. The zero-order valence-electron chi connectivity index (χ0n) is 28.0. The van der Waals surface area contributed by atoms with Gasteiger partial charge in [-0.3, -0.25) is 9.97 Å². The summed E-state index contributed by atoms with van der Waals surface area (Å²) in [6.45, 7) is 2.03. The summed E-state index contributed by atoms with van der Waals surface area (Å²) in [5, 5.41) is 2.19. The smallest absolute Gasteiger partial charge is 0.164 e. The second-order valence-electron chi connectivity index (χ2n) is 12.8. The van der Waals surface area contributed by atoms with Crippen molar-refractivity contribution in [3.8, 4) is 45.3 Å². The molecule has 8 aromatic rings. The molecule has 0 radical (unpaired) electrons. The van der Waals surface area contributed by atoms with Gasteiger partial charge in [0.05, 0.1) is 16.7 Å². The number of benzene rings is 4. The molecule has 1 aliphatic rings. The van der Waals surface area contributed by atoms with Crippen molar-refractivity contribution in [2.24, 2.45) is 0 Å². The number of aryl methyl sites for hydroxylation is 1. The maximum Gasteiger partial charge on any atom is 0.164 e. The molecule has 4 aromatic carbocycles. The first kappa shape index (κ1) is 30.4. The van der Waals surface area contributed by atoms with E-state index >= 15 is 0 Å². The molecule has 6 heteroatoms. The summed E-state index contributed by atoms with van der Waals surface area (Å²) in [4.78, 5) is 29.0. The average molecular weight is 657 g/mol. The van der Waals surface area contributed by atoms with Crippen molar-refractivity contribution in [1.82, 2.24) is 29.9 Å². The molecule has 9 rings (SSSR count). The van der Waals surface area contributed by atoms with E-state index in [0.717, 1.165) is 79.4 Å². The second-order valence-corrected chi connectivity index (χ2v) is 12.8. The maximum absolute atomic E-state index is 5.30. The van der Waals surface area contributed by atoms with Crippen LogP contribution in [0.25, 0.3) is 78.2 Å². The number of fused-ring (bicyclic) bond motifs is 3. The van der Waals surface area contributed by atoms with E-state index in [9.17, 15) is 0 Å². The van der Waals surface area contributed by atoms with Crippen molar-refractivity contribution in [3.05, 3.63) is 169 Å². The minimum Gasteiger partial charge on any atom is -0.265 e. The van der Waals surface area contributed by atoms with Crippen LogP contribution in [0.15, 0.2) is 152 Å². The van der Waals surface area contributed by atoms with E-state index in [1.165, 1.54) is 11.1 Å². The molecule has 0 saturated carbocycles. The summed E-state index contributed by atoms with van der Waals surface area (Å²) in [7, 11) is 0. The largest absolute Gasteiger partial charge is 0.265 e. The highest BCUT2D eigenvalue weighted by molar-refractivity contribution is 6.09. The van der Waals surface area contributed by atoms with E-state index < -0.39 is 0 Å². The minimum absolute atomic E-state index is 0.617. The number of allylic oxidation sites excluding steroid dienone is 4. The van der Waals surface area contributed by atoms with E-state index in [0.29, 0.717) is 17.5 Å². The number of aromatic nitrogens is 6. The predicted octanol–water partition coefficient (Wildman–Crippen LogP) is 10.6. The van der Waals surface area contributed by atoms with Crippen LogP contribution in [0.2, 0.25) is 0 Å². The molecule has 4 aromatic heterocycles. The molecule has 0 unspecified atom stereocenters. The molecule has 0 bridgehead atoms. The second kappa shape index (κ2) is 13.0. The van der Waals surface area contributed by atoms with Crippen LogP contribution in [-0.2, 0) is 0 Å². The van der Waals surface area contributed by atoms with Gasteiger partial charge in [-0.15, -0.1) is 0 Å². The highest BCUT2D eigenvalue weighted by Gasteiger charge is 2.17. The summed E-state index contributed by atoms with van der Waals surface area (Å²) < 4.78 is 0. The lowest BCUT2D eigenvalue weighted by Gasteiger charge is -2.17. The van der Waals surface area contributed by atoms with E-state index in [2.05, 4.69) is 102 Å². The fourth-order valence-electron chi connectivity index (χ4n) is 6.77. The van der Waals surface area contributed by atoms with E-state index in [-0.39, 0.29) is 0 Å². The van der Waals surface area contributed by atoms with Gasteiger partial charge < -0.3 is 0 Å². The summed E-state index contributed by atoms with van der Waals surface area (Å²) in [6.07, 6.45) is 9.99. The van der Waals surface area contributed by atoms with Crippen LogP contribution in [0.5, 0.6) is 0 Å². The molecule has 4 heterocycles. The molecule has 51 heavy (non-hydrogen) atoms. The average Bonchev–Trinajstić information content (AvgIpc) is 3.21. The Kier molecular flexibility index (Phi) is 7.74. The standard InChI is InChI=1S/C45H32N6/c1-29-15-16-32-21-22-38-39(31-9-4-2-5-10-31)28-40(48-42(38)41(32)47-29)37-14-8-13-36(27-37)30-17-19-34(20-18-30)44-49-43(33-11-6-3-7-12-33)50-45(51-44)35-23-25-46-26-24-35/h2-7,9-12,14-28H,8,13H2,1H3. The highest BCUT2D eigenvalue weighted by atomic mass is 15.0. The molecule has 242 valence electrons. The number of hydrogen-bond acceptors (Lipinski definition) is 6. The van der Waals surface area contributed by atoms with Crippen LogP contribution in [-0.4, -0.2) is 29.9 Å². The van der Waals surface area contributed by atoms with Crippen LogP contribution in [0.1, 0.15) is 29.8 Å². The summed E-state index contributed by atoms with van der Waals surface area (Å²) in [5.41, 5.74) is 12.4. The third-order valence-corrected chi connectivity index (χ3v) is 9.39. The Morgan fingerprint density at radius 3 is 1.82 bits per heavy atom. The van der Waals surface area contributed by atoms with E-state index in [1.54, 1.807) is 12.4 Å². The van der Waals surface area contributed by atoms with Gasteiger partial charge in [0.15, 0.2) is 17.5 Å². The molecule has 0 fully saturated rings. The zero-order valence-corrected chi connectivity index (χ0v) is 28.0. The van der Waals surface area contributed by atoms with Crippen LogP contribution in [0.3, 0.4) is 0 Å². The lowest BCUT2D eigenvalue weighted by Crippen LogP contribution is -2.00. The Hall–Kier alpha value is -6.66. The van der Waals surface area contributed by atoms with E-state index in [4.69, 9.17) is 24.9 Å². The summed E-state index contributed by atoms with van der Waals surface area (Å²) in [5.74, 6) is 1.88. The minimum atomic E-state index is 0.617. The molecule has 0 amide bonds. The molecule has 0 atom stereocenters. The normalized spacial score (nSPS) is 12.9. The number of nitrogens with zero attached hydrogens (tertiary/aromatic N) is 6. The van der Waals surface area contributed by atoms with Crippen molar-refractivity contribution in [2.45, 2.75) is 19.8 Å². The van der Waals surface area contributed by atoms with Crippen molar-refractivity contribution >= 4 is 33.0 Å². The third kappa shape index (κ3) is 5.97. The first-order valence-electron chi connectivity index (χ1n) is 17.2. The number of rotatable bonds is 6. The van der Waals surface area contributed by atoms with Gasteiger partial charge in [0.25, 0.3) is 0 Å². The Bertz CT molecular complexity index is 2560. The van der Waals surface area contributed by atoms with Crippen molar-refractivity contribution in [1.29, 1.82) is 0 Å². The Balaban J connectivity index is 1.10. The lowest BCUT2D eigenvalue weighted by atomic mass is 9.90. The SMILES string of the molecule is Cc1ccc2ccc3c(-c4ccccc4)cc(C4=CCCC(c5ccc(-c6nc(-c7ccccc7)nc(-c7ccncc7)n6)cc5)=C4)nc3c2n1. The molecule has 6 nitrogen and oxygen atoms in total. The van der Waals surface area contributed by atoms with Gasteiger partial charge in [0.1, 0.15) is 0 Å². The van der Waals surface area contributed by atoms with Crippen molar-refractivity contribution in [2.75, 3.05) is 0 Å². The summed E-state index contributed by atoms with van der Waals surface area (Å²) >= 11 is 0. The Morgan fingerprint density at radius 2 is 1.12 bits per heavy atom. The molecule has 0 aliphatic heterocycles. The predicted molar refractivity (Wildman–Crippen MR) is 206 cm³/mol. The number of pyridine rings is 3. The first-order chi connectivity index (χ1) is 25.2. The molecule has 0 spiro atoms. The van der Waals surface area contributed by atoms with Crippen molar-refractivity contribution < 1.29 is 0 Å². The summed E-state index contributed by atoms with van der Waals surface area (Å²) in [6, 6.07) is 43.8. The van der Waals surface area contributed by atoms with Crippen molar-refractivity contribution in [3.63, 3.8) is 0 Å². The van der Waals surface area contributed by atoms with Gasteiger partial charge in [-0.25, -0.2) is 19.9 Å². The van der Waals surface area contributed by atoms with Crippen LogP contribution in [0.4, 0.5) is 0 Å². The molecule has 0 N–H and O–H groups in total.